The Bertz CT molecular complexity index is 1210. The molecule has 1 aromatic carbocycles. The average Bonchev–Trinajstić information content (AvgIpc) is 3.29. The monoisotopic (exact) mass is 428 g/mol. The summed E-state index contributed by atoms with van der Waals surface area (Å²) in [7, 11) is 0. The summed E-state index contributed by atoms with van der Waals surface area (Å²) in [6, 6.07) is 3.41. The van der Waals surface area contributed by atoms with Crippen molar-refractivity contribution in [1.82, 2.24) is 9.55 Å². The van der Waals surface area contributed by atoms with E-state index in [2.05, 4.69) is 10.3 Å². The van der Waals surface area contributed by atoms with Crippen molar-refractivity contribution < 1.29 is 18.7 Å². The lowest BCUT2D eigenvalue weighted by Crippen LogP contribution is -2.23. The first-order valence-corrected chi connectivity index (χ1v) is 10.1. The lowest BCUT2D eigenvalue weighted by atomic mass is 10.0. The number of carboxylic acids is 1. The van der Waals surface area contributed by atoms with E-state index in [1.807, 2.05) is 0 Å². The van der Waals surface area contributed by atoms with Crippen LogP contribution in [0.1, 0.15) is 47.6 Å². The maximum absolute atomic E-state index is 15.6. The van der Waals surface area contributed by atoms with E-state index < -0.39 is 45.4 Å². The largest absolute Gasteiger partial charge is 0.477 e. The van der Waals surface area contributed by atoms with Gasteiger partial charge < -0.3 is 20.7 Å². The SMILES string of the molecule is Nc1c(F)c(NCCc2ccncc2)c(F)c2c1c(=O)c(C(=O)O)cn2C1CCCC1. The van der Waals surface area contributed by atoms with E-state index in [0.717, 1.165) is 24.6 Å². The van der Waals surface area contributed by atoms with Crippen LogP contribution in [-0.2, 0) is 6.42 Å². The van der Waals surface area contributed by atoms with Crippen molar-refractivity contribution >= 4 is 28.2 Å². The summed E-state index contributed by atoms with van der Waals surface area (Å²) in [5.41, 5.74) is 4.17. The van der Waals surface area contributed by atoms with Gasteiger partial charge in [0.1, 0.15) is 11.3 Å². The third-order valence-electron chi connectivity index (χ3n) is 5.80. The zero-order chi connectivity index (χ0) is 22.1. The van der Waals surface area contributed by atoms with Gasteiger partial charge in [0.05, 0.1) is 16.6 Å². The third kappa shape index (κ3) is 3.71. The molecule has 7 nitrogen and oxygen atoms in total. The molecule has 3 aromatic rings. The molecule has 1 fully saturated rings. The number of anilines is 2. The van der Waals surface area contributed by atoms with Gasteiger partial charge in [0.15, 0.2) is 11.6 Å². The number of rotatable bonds is 6. The minimum Gasteiger partial charge on any atom is -0.477 e. The summed E-state index contributed by atoms with van der Waals surface area (Å²) in [4.78, 5) is 28.3. The first-order chi connectivity index (χ1) is 14.9. The number of nitrogens with one attached hydrogen (secondary N) is 1. The first kappa shape index (κ1) is 20.8. The van der Waals surface area contributed by atoms with Gasteiger partial charge in [-0.3, -0.25) is 9.78 Å². The fourth-order valence-corrected chi connectivity index (χ4v) is 4.22. The Hall–Kier alpha value is -3.49. The highest BCUT2D eigenvalue weighted by Gasteiger charge is 2.28. The number of nitrogens with zero attached hydrogens (tertiary/aromatic N) is 2. The van der Waals surface area contributed by atoms with Gasteiger partial charge >= 0.3 is 5.97 Å². The van der Waals surface area contributed by atoms with Crippen molar-refractivity contribution in [2.45, 2.75) is 38.1 Å². The van der Waals surface area contributed by atoms with Crippen LogP contribution in [0.15, 0.2) is 35.5 Å². The number of nitrogen functional groups attached to an aromatic ring is 1. The fourth-order valence-electron chi connectivity index (χ4n) is 4.22. The van der Waals surface area contributed by atoms with Crippen molar-refractivity contribution in [3.63, 3.8) is 0 Å². The van der Waals surface area contributed by atoms with Crippen molar-refractivity contribution in [1.29, 1.82) is 0 Å². The Morgan fingerprint density at radius 2 is 1.90 bits per heavy atom. The molecular formula is C22H22F2N4O3. The minimum atomic E-state index is -1.46. The normalized spacial score (nSPS) is 14.3. The molecule has 1 aliphatic carbocycles. The van der Waals surface area contributed by atoms with Gasteiger partial charge in [0.25, 0.3) is 0 Å². The van der Waals surface area contributed by atoms with E-state index in [1.165, 1.54) is 4.57 Å². The molecule has 0 radical (unpaired) electrons. The highest BCUT2D eigenvalue weighted by Crippen LogP contribution is 2.37. The molecule has 4 rings (SSSR count). The number of carboxylic acid groups (broad SMARTS) is 1. The lowest BCUT2D eigenvalue weighted by Gasteiger charge is -2.22. The number of pyridine rings is 2. The second-order valence-corrected chi connectivity index (χ2v) is 7.70. The Morgan fingerprint density at radius 3 is 2.55 bits per heavy atom. The molecule has 31 heavy (non-hydrogen) atoms. The van der Waals surface area contributed by atoms with Gasteiger partial charge in [-0.25, -0.2) is 13.6 Å². The number of aromatic nitrogens is 2. The molecule has 2 aromatic heterocycles. The number of benzene rings is 1. The van der Waals surface area contributed by atoms with Crippen LogP contribution in [0.2, 0.25) is 0 Å². The van der Waals surface area contributed by atoms with E-state index in [9.17, 15) is 14.7 Å². The molecule has 4 N–H and O–H groups in total. The topological polar surface area (TPSA) is 110 Å². The van der Waals surface area contributed by atoms with Crippen molar-refractivity contribution in [2.24, 2.45) is 0 Å². The number of hydrogen-bond acceptors (Lipinski definition) is 5. The van der Waals surface area contributed by atoms with Gasteiger partial charge in [-0.05, 0) is 37.0 Å². The maximum Gasteiger partial charge on any atom is 0.341 e. The number of aromatic carboxylic acids is 1. The Kier molecular flexibility index (Phi) is 5.58. The van der Waals surface area contributed by atoms with E-state index in [0.29, 0.717) is 19.3 Å². The second kappa shape index (κ2) is 8.33. The molecule has 0 bridgehead atoms. The van der Waals surface area contributed by atoms with Crippen LogP contribution < -0.4 is 16.5 Å². The van der Waals surface area contributed by atoms with Crippen molar-refractivity contribution in [3.8, 4) is 0 Å². The van der Waals surface area contributed by atoms with Gasteiger partial charge in [-0.15, -0.1) is 0 Å². The number of fused-ring (bicyclic) bond motifs is 1. The van der Waals surface area contributed by atoms with E-state index in [4.69, 9.17) is 5.73 Å². The molecular weight excluding hydrogens is 406 g/mol. The number of carbonyl (C=O) groups is 1. The molecule has 0 atom stereocenters. The van der Waals surface area contributed by atoms with Gasteiger partial charge in [0, 0.05) is 31.2 Å². The molecule has 0 aliphatic heterocycles. The van der Waals surface area contributed by atoms with E-state index in [1.54, 1.807) is 24.5 Å². The molecule has 2 heterocycles. The van der Waals surface area contributed by atoms with E-state index >= 15 is 8.78 Å². The summed E-state index contributed by atoms with van der Waals surface area (Å²) >= 11 is 0. The molecule has 0 saturated heterocycles. The smallest absolute Gasteiger partial charge is 0.341 e. The quantitative estimate of drug-likeness (QED) is 0.516. The third-order valence-corrected chi connectivity index (χ3v) is 5.80. The standard InChI is InChI=1S/C22H22F2N4O3/c23-16-18(25)15-20(17(24)19(16)27-10-7-12-5-8-26-9-6-12)28(13-3-1-2-4-13)11-14(21(15)29)22(30)31/h5-6,8-9,11,13,27H,1-4,7,10,25H2,(H,30,31). The molecule has 0 unspecified atom stereocenters. The predicted molar refractivity (Wildman–Crippen MR) is 113 cm³/mol. The number of hydrogen-bond donors (Lipinski definition) is 3. The zero-order valence-electron chi connectivity index (χ0n) is 16.7. The van der Waals surface area contributed by atoms with Crippen LogP contribution in [0.3, 0.4) is 0 Å². The first-order valence-electron chi connectivity index (χ1n) is 10.1. The summed E-state index contributed by atoms with van der Waals surface area (Å²) in [6.07, 6.45) is 8.12. The Balaban J connectivity index is 1.85. The maximum atomic E-state index is 15.6. The summed E-state index contributed by atoms with van der Waals surface area (Å²) < 4.78 is 32.0. The molecule has 0 amide bonds. The highest BCUT2D eigenvalue weighted by molar-refractivity contribution is 5.99. The minimum absolute atomic E-state index is 0.160. The molecule has 9 heteroatoms. The van der Waals surface area contributed by atoms with Crippen LogP contribution in [0.5, 0.6) is 0 Å². The Morgan fingerprint density at radius 1 is 1.23 bits per heavy atom. The van der Waals surface area contributed by atoms with Crippen LogP contribution in [0, 0.1) is 11.6 Å². The van der Waals surface area contributed by atoms with Crippen LogP contribution in [0.25, 0.3) is 10.9 Å². The lowest BCUT2D eigenvalue weighted by molar-refractivity contribution is 0.0694. The highest BCUT2D eigenvalue weighted by atomic mass is 19.1. The van der Waals surface area contributed by atoms with Crippen LogP contribution in [-0.4, -0.2) is 27.2 Å². The van der Waals surface area contributed by atoms with Crippen molar-refractivity contribution in [3.05, 3.63) is 63.7 Å². The molecule has 162 valence electrons. The van der Waals surface area contributed by atoms with Crippen LogP contribution >= 0.6 is 0 Å². The van der Waals surface area contributed by atoms with Gasteiger partial charge in [-0.2, -0.15) is 0 Å². The molecule has 1 aliphatic rings. The average molecular weight is 428 g/mol. The number of halogens is 2. The Labute approximate surface area is 176 Å². The van der Waals surface area contributed by atoms with Crippen LogP contribution in [0.4, 0.5) is 20.2 Å². The van der Waals surface area contributed by atoms with Gasteiger partial charge in [-0.1, -0.05) is 12.8 Å². The molecule has 0 spiro atoms. The summed E-state index contributed by atoms with van der Waals surface area (Å²) in [6.45, 7) is 0.226. The van der Waals surface area contributed by atoms with E-state index in [-0.39, 0.29) is 18.1 Å². The fraction of sp³-hybridized carbons (Fsp3) is 0.318. The second-order valence-electron chi connectivity index (χ2n) is 7.70. The summed E-state index contributed by atoms with van der Waals surface area (Å²) in [5, 5.41) is 11.8. The molecule has 1 saturated carbocycles. The zero-order valence-corrected chi connectivity index (χ0v) is 16.7. The predicted octanol–water partition coefficient (Wildman–Crippen LogP) is 3.72. The van der Waals surface area contributed by atoms with Gasteiger partial charge in [0.2, 0.25) is 5.43 Å². The van der Waals surface area contributed by atoms with Crippen molar-refractivity contribution in [2.75, 3.05) is 17.6 Å². The number of nitrogens with two attached hydrogens (primary N) is 1. The summed E-state index contributed by atoms with van der Waals surface area (Å²) in [5.74, 6) is -3.51.